The van der Waals surface area contributed by atoms with Gasteiger partial charge in [0.2, 0.25) is 0 Å². The van der Waals surface area contributed by atoms with Crippen molar-refractivity contribution in [2.24, 2.45) is 0 Å². The molecule has 0 fully saturated rings. The third kappa shape index (κ3) is 84.6. The van der Waals surface area contributed by atoms with E-state index in [1.54, 1.807) is 11.8 Å². The van der Waals surface area contributed by atoms with Crippen LogP contribution in [-0.4, -0.2) is 123 Å². The first kappa shape index (κ1) is 112. The van der Waals surface area contributed by atoms with Crippen LogP contribution in [0.2, 0.25) is 0 Å². The Kier molecular flexibility index (Phi) is 51.0. The standard InChI is InChI=1S/C4H8F5NO4P2.C4H4F4NO4PS.2C3H6F2NO4PS.C3H4F2NO4PS.CHF5NO3PS.CH4F2NO4PS.F3HNO3PS/c1-2-13-15(8,11)10-16(9,12)14-3-4(5,6)7;1-2-3-13-14(8,10)9-15(11,12)4(5,6)7;1-2-3-10-11(4,7)6-12(5,8)9;2*1-2-3-10-12(8,9)6-11(4,5)7;2-1(3,4)12(9,10)7-11(5,6)8;1-8-10(6,7)4-9(2,3)5;1-8(2,5)4-9(3,6)7/h2-3H2,1H3,(H,10,11,12);1H,3H2,(H,9,10);2*2H,1,3H2,(H,6,7);1H,3H2,(H,6,7);(H,7,8);1H3,(H,4,5);(H,4,5). The molecule has 0 aromatic rings. The van der Waals surface area contributed by atoms with Gasteiger partial charge >= 0.3 is 160 Å². The van der Waals surface area contributed by atoms with Gasteiger partial charge < -0.3 is 0 Å². The summed E-state index contributed by atoms with van der Waals surface area (Å²) in [4.78, 5) is 0.639. The fraction of sp³-hybridized carbons (Fsp3) is 0.579. The Balaban J connectivity index is -0.000000158. The van der Waals surface area contributed by atoms with Crippen molar-refractivity contribution in [2.75, 3.05) is 46.8 Å². The first-order chi connectivity index (χ1) is 42.2. The lowest BCUT2D eigenvalue weighted by Crippen LogP contribution is -2.34. The minimum absolute atomic E-state index is 0.0139. The Morgan fingerprint density at radius 3 is 0.959 bits per heavy atom. The zero-order chi connectivity index (χ0) is 81.2. The fourth-order valence-corrected chi connectivity index (χ4v) is 14.9. The van der Waals surface area contributed by atoms with Crippen LogP contribution in [0.4, 0.5) is 106 Å². The lowest BCUT2D eigenvalue weighted by atomic mass is 10.7. The summed E-state index contributed by atoms with van der Waals surface area (Å²) < 4.78 is 546. The van der Waals surface area contributed by atoms with E-state index < -0.39 is 200 Å². The van der Waals surface area contributed by atoms with Crippen LogP contribution in [0.25, 0.3) is 0 Å². The van der Waals surface area contributed by atoms with Gasteiger partial charge in [0.15, 0.2) is 6.61 Å². The van der Waals surface area contributed by atoms with E-state index in [1.807, 2.05) is 0 Å². The number of terminal acetylenes is 2. The van der Waals surface area contributed by atoms with Crippen molar-refractivity contribution in [3.8, 4) is 24.7 Å². The molecule has 0 rings (SSSR count). The highest BCUT2D eigenvalue weighted by atomic mass is 32.3. The summed E-state index contributed by atoms with van der Waals surface area (Å²) in [5.41, 5.74) is -11.7. The topological polar surface area (TPSA) is 553 Å². The van der Waals surface area contributed by atoms with E-state index in [-0.39, 0.29) is 13.5 Å². The van der Waals surface area contributed by atoms with E-state index in [2.05, 4.69) is 56.6 Å². The fourth-order valence-electron chi connectivity index (χ4n) is 2.22. The predicted octanol–water partition coefficient (Wildman–Crippen LogP) is 9.98. The normalized spacial score (nSPS) is 15.4. The summed E-state index contributed by atoms with van der Waals surface area (Å²) in [6.07, 6.45) is 6.22. The predicted molar refractivity (Wildman–Crippen MR) is 278 cm³/mol. The Labute approximate surface area is 534 Å². The molecule has 0 aromatic carbocycles. The molecule has 0 aliphatic carbocycles. The summed E-state index contributed by atoms with van der Waals surface area (Å²) in [6.45, 7) is 2.10. The van der Waals surface area contributed by atoms with Crippen molar-refractivity contribution in [3.05, 3.63) is 25.3 Å². The van der Waals surface area contributed by atoms with Gasteiger partial charge in [-0.2, -0.15) is 81.6 Å². The van der Waals surface area contributed by atoms with Crippen LogP contribution in [-0.2, 0) is 144 Å². The molecule has 38 nitrogen and oxygen atoms in total. The smallest absolute Gasteiger partial charge is 0.294 e. The highest BCUT2D eigenvalue weighted by Gasteiger charge is 2.51. The minimum atomic E-state index is -6.44. The Bertz CT molecular complexity index is 3940. The molecular weight excluding hydrogens is 1800 g/mol. The number of halogens is 25. The van der Waals surface area contributed by atoms with Gasteiger partial charge in [-0.05, 0) is 6.92 Å². The maximum absolute atomic E-state index is 12.7. The molecule has 0 aliphatic rings. The molecule has 592 valence electrons. The highest BCUT2D eigenvalue weighted by molar-refractivity contribution is 7.96. The number of nitrogens with one attached hydrogen (secondary N) is 8. The van der Waals surface area contributed by atoms with Crippen LogP contribution >= 0.6 is 70.9 Å². The number of rotatable bonds is 31. The van der Waals surface area contributed by atoms with Crippen LogP contribution in [0, 0.1) is 24.7 Å². The van der Waals surface area contributed by atoms with Crippen LogP contribution in [0.1, 0.15) is 6.92 Å². The van der Waals surface area contributed by atoms with E-state index in [4.69, 9.17) is 4.57 Å². The quantitative estimate of drug-likeness (QED) is 0.0105. The van der Waals surface area contributed by atoms with Crippen molar-refractivity contribution in [1.82, 2.24) is 36.3 Å². The molecular formula is C19H34F25N8O30P9S7. The van der Waals surface area contributed by atoms with Crippen LogP contribution in [0.3, 0.4) is 0 Å². The average Bonchev–Trinajstić information content (AvgIpc) is 0.825. The Morgan fingerprint density at radius 2 is 0.714 bits per heavy atom. The van der Waals surface area contributed by atoms with Gasteiger partial charge in [-0.25, -0.2) is 62.1 Å². The maximum atomic E-state index is 12.7. The summed E-state index contributed by atoms with van der Waals surface area (Å²) in [6, 6.07) is 0. The largest absolute Gasteiger partial charge is 0.512 e. The molecule has 0 bridgehead atoms. The van der Waals surface area contributed by atoms with E-state index >= 15 is 0 Å². The molecule has 0 saturated carbocycles. The van der Waals surface area contributed by atoms with E-state index in [0.717, 1.165) is 12.2 Å². The summed E-state index contributed by atoms with van der Waals surface area (Å²) >= 11 is 0. The third-order valence-electron chi connectivity index (χ3n) is 4.61. The van der Waals surface area contributed by atoms with Crippen molar-refractivity contribution in [3.63, 3.8) is 0 Å². The molecule has 4 atom stereocenters. The maximum Gasteiger partial charge on any atom is 0.512 e. The molecule has 0 spiro atoms. The Morgan fingerprint density at radius 1 is 0.408 bits per heavy atom. The van der Waals surface area contributed by atoms with Crippen molar-refractivity contribution < 1.29 is 237 Å². The number of alkyl halides is 9. The van der Waals surface area contributed by atoms with Crippen LogP contribution < -0.4 is 36.3 Å². The molecule has 0 amide bonds. The molecule has 8 N–H and O–H groups in total. The zero-order valence-electron chi connectivity index (χ0n) is 45.0. The third-order valence-corrected chi connectivity index (χ3v) is 23.4. The van der Waals surface area contributed by atoms with Crippen molar-refractivity contribution >= 4 is 143 Å². The summed E-state index contributed by atoms with van der Waals surface area (Å²) in [5, 5.41) is 0. The monoisotopic (exact) mass is 1830 g/mol. The summed E-state index contributed by atoms with van der Waals surface area (Å²) in [7, 11) is -88.0. The summed E-state index contributed by atoms with van der Waals surface area (Å²) in [5.74, 6) is 3.33. The second-order valence-corrected chi connectivity index (χ2v) is 36.3. The Hall–Kier alpha value is -2.03. The molecule has 79 heteroatoms. The van der Waals surface area contributed by atoms with E-state index in [9.17, 15) is 201 Å². The SMILES string of the molecule is C#CCOP(=O)(F)NS(=O)(=O)C(F)(F)F.C#CCOS(=O)(=O)NP(=O)(F)F.C=CCOP(=O)(F)NS(=O)(=O)F.C=CCOS(=O)(=O)NP(=O)(F)F.CCOP(=O)(F)NP(=O)(F)OCC(F)(F)F.COS(=O)(=O)NP(=O)(F)F.O=P(F)(F)NS(=O)(=O)C(F)(F)F.O=P(F)(F)NS(=O)(=O)F. The molecule has 98 heavy (non-hydrogen) atoms. The van der Waals surface area contributed by atoms with Gasteiger partial charge in [0.25, 0.3) is 0 Å². The second-order valence-electron chi connectivity index (χ2n) is 12.7. The number of hydrogen-bond donors (Lipinski definition) is 8. The molecule has 0 aliphatic heterocycles. The van der Waals surface area contributed by atoms with Gasteiger partial charge in [0, 0.05) is 0 Å². The second kappa shape index (κ2) is 44.7. The first-order valence-electron chi connectivity index (χ1n) is 19.6. The van der Waals surface area contributed by atoms with Crippen molar-refractivity contribution in [1.29, 1.82) is 0 Å². The molecule has 0 radical (unpaired) electrons. The van der Waals surface area contributed by atoms with Crippen molar-refractivity contribution in [2.45, 2.75) is 24.1 Å². The van der Waals surface area contributed by atoms with Gasteiger partial charge in [-0.15, -0.1) is 98.6 Å². The van der Waals surface area contributed by atoms with Gasteiger partial charge in [0.1, 0.15) is 13.2 Å². The van der Waals surface area contributed by atoms with E-state index in [0.29, 0.717) is 29.9 Å². The lowest BCUT2D eigenvalue weighted by Gasteiger charge is -2.14. The highest BCUT2D eigenvalue weighted by Crippen LogP contribution is 2.59. The molecule has 0 heterocycles. The number of sulfonamides is 2. The average molecular weight is 1830 g/mol. The van der Waals surface area contributed by atoms with Crippen LogP contribution in [0.15, 0.2) is 25.3 Å². The zero-order valence-corrected chi connectivity index (χ0v) is 58.8. The van der Waals surface area contributed by atoms with Crippen LogP contribution in [0.5, 0.6) is 0 Å². The van der Waals surface area contributed by atoms with Gasteiger partial charge in [0.05, 0.1) is 26.9 Å². The van der Waals surface area contributed by atoms with Gasteiger partial charge in [-0.3, -0.25) is 26.5 Å². The minimum Gasteiger partial charge on any atom is -0.294 e. The first-order valence-corrected chi connectivity index (χ1v) is 43.0. The molecule has 0 saturated heterocycles. The number of hydrogen-bond acceptors (Lipinski definition) is 30. The molecule has 0 aromatic heterocycles. The molecule has 4 unspecified atom stereocenters. The lowest BCUT2D eigenvalue weighted by molar-refractivity contribution is -0.154. The van der Waals surface area contributed by atoms with E-state index in [1.165, 1.54) is 6.92 Å². The van der Waals surface area contributed by atoms with Gasteiger partial charge in [-0.1, -0.05) is 54.2 Å².